The van der Waals surface area contributed by atoms with E-state index in [0.717, 1.165) is 0 Å². The van der Waals surface area contributed by atoms with Crippen LogP contribution in [0.1, 0.15) is 23.0 Å². The van der Waals surface area contributed by atoms with Gasteiger partial charge in [0.15, 0.2) is 0 Å². The van der Waals surface area contributed by atoms with Crippen molar-refractivity contribution in [1.29, 1.82) is 0 Å². The highest BCUT2D eigenvalue weighted by atomic mass is 35.5. The van der Waals surface area contributed by atoms with Crippen LogP contribution < -0.4 is 16.0 Å². The molecule has 3 N–H and O–H groups in total. The summed E-state index contributed by atoms with van der Waals surface area (Å²) in [7, 11) is 0. The maximum atomic E-state index is 14.1. The summed E-state index contributed by atoms with van der Waals surface area (Å²) in [6, 6.07) is 11.8. The highest BCUT2D eigenvalue weighted by Gasteiger charge is 2.16. The van der Waals surface area contributed by atoms with Crippen LogP contribution in [-0.4, -0.2) is 17.9 Å². The number of rotatable bonds is 6. The van der Waals surface area contributed by atoms with E-state index in [4.69, 9.17) is 16.0 Å². The first-order valence-corrected chi connectivity index (χ1v) is 9.19. The molecule has 0 aliphatic rings. The Hall–Kier alpha value is -3.32. The van der Waals surface area contributed by atoms with Crippen molar-refractivity contribution in [1.82, 2.24) is 0 Å². The van der Waals surface area contributed by atoms with E-state index in [9.17, 15) is 14.0 Å². The van der Waals surface area contributed by atoms with Crippen LogP contribution in [0, 0.1) is 12.7 Å². The van der Waals surface area contributed by atoms with Crippen molar-refractivity contribution in [2.24, 2.45) is 0 Å². The summed E-state index contributed by atoms with van der Waals surface area (Å²) in [4.78, 5) is 24.7. The van der Waals surface area contributed by atoms with Gasteiger partial charge in [0.2, 0.25) is 5.91 Å². The first kappa shape index (κ1) is 20.4. The molecule has 0 fully saturated rings. The number of amides is 2. The van der Waals surface area contributed by atoms with Crippen LogP contribution in [0.25, 0.3) is 0 Å². The van der Waals surface area contributed by atoms with Crippen molar-refractivity contribution >= 4 is 40.5 Å². The second-order valence-electron chi connectivity index (χ2n) is 6.40. The predicted octanol–water partition coefficient (Wildman–Crippen LogP) is 5.07. The summed E-state index contributed by atoms with van der Waals surface area (Å²) < 4.78 is 19.2. The second kappa shape index (κ2) is 8.79. The summed E-state index contributed by atoms with van der Waals surface area (Å²) in [6.45, 7) is 3.31. The summed E-state index contributed by atoms with van der Waals surface area (Å²) in [5.74, 6) is -0.945. The van der Waals surface area contributed by atoms with Gasteiger partial charge >= 0.3 is 0 Å². The Morgan fingerprint density at radius 1 is 1.07 bits per heavy atom. The molecule has 0 bridgehead atoms. The Bertz CT molecular complexity index is 1050. The normalized spacial score (nSPS) is 11.6. The zero-order valence-electron chi connectivity index (χ0n) is 15.8. The van der Waals surface area contributed by atoms with E-state index >= 15 is 0 Å². The van der Waals surface area contributed by atoms with Crippen LogP contribution in [-0.2, 0) is 4.79 Å². The lowest BCUT2D eigenvalue weighted by molar-refractivity contribution is -0.116. The third kappa shape index (κ3) is 5.14. The number of carbonyl (C=O) groups is 2. The molecule has 2 aromatic carbocycles. The number of furan rings is 1. The van der Waals surface area contributed by atoms with Gasteiger partial charge in [-0.05, 0) is 56.3 Å². The molecule has 6 nitrogen and oxygen atoms in total. The van der Waals surface area contributed by atoms with Gasteiger partial charge in [0.25, 0.3) is 5.91 Å². The predicted molar refractivity (Wildman–Crippen MR) is 111 cm³/mol. The molecule has 29 heavy (non-hydrogen) atoms. The van der Waals surface area contributed by atoms with Crippen molar-refractivity contribution in [2.45, 2.75) is 19.9 Å². The van der Waals surface area contributed by atoms with Crippen LogP contribution in [0.5, 0.6) is 0 Å². The minimum Gasteiger partial charge on any atom is -0.469 e. The lowest BCUT2D eigenvalue weighted by Crippen LogP contribution is -2.31. The van der Waals surface area contributed by atoms with Crippen molar-refractivity contribution in [3.8, 4) is 0 Å². The molecule has 0 saturated heterocycles. The molecule has 0 aliphatic carbocycles. The highest BCUT2D eigenvalue weighted by Crippen LogP contribution is 2.22. The average Bonchev–Trinajstić information content (AvgIpc) is 3.10. The number of hydrogen-bond acceptors (Lipinski definition) is 4. The summed E-state index contributed by atoms with van der Waals surface area (Å²) >= 11 is 5.92. The van der Waals surface area contributed by atoms with E-state index in [0.29, 0.717) is 27.7 Å². The first-order valence-electron chi connectivity index (χ1n) is 8.81. The first-order chi connectivity index (χ1) is 13.8. The highest BCUT2D eigenvalue weighted by molar-refractivity contribution is 6.30. The Balaban J connectivity index is 1.68. The van der Waals surface area contributed by atoms with E-state index in [1.807, 2.05) is 0 Å². The molecular weight excluding hydrogens is 397 g/mol. The molecule has 2 amide bonds. The number of nitrogens with one attached hydrogen (secondary N) is 3. The van der Waals surface area contributed by atoms with Crippen LogP contribution in [0.2, 0.25) is 5.02 Å². The monoisotopic (exact) mass is 415 g/mol. The molecule has 0 spiro atoms. The van der Waals surface area contributed by atoms with Gasteiger partial charge in [-0.2, -0.15) is 0 Å². The molecule has 150 valence electrons. The minimum absolute atomic E-state index is 0.0111. The Labute approximate surface area is 172 Å². The van der Waals surface area contributed by atoms with Gasteiger partial charge in [-0.3, -0.25) is 9.59 Å². The van der Waals surface area contributed by atoms with Gasteiger partial charge in [-0.15, -0.1) is 0 Å². The van der Waals surface area contributed by atoms with Crippen LogP contribution >= 0.6 is 11.6 Å². The van der Waals surface area contributed by atoms with Gasteiger partial charge in [0.1, 0.15) is 17.6 Å². The molecule has 0 radical (unpaired) electrons. The molecule has 3 rings (SSSR count). The smallest absolute Gasteiger partial charge is 0.259 e. The number of benzene rings is 2. The molecule has 1 unspecified atom stereocenters. The van der Waals surface area contributed by atoms with Crippen LogP contribution in [0.4, 0.5) is 21.5 Å². The van der Waals surface area contributed by atoms with Gasteiger partial charge in [0, 0.05) is 16.4 Å². The van der Waals surface area contributed by atoms with Crippen molar-refractivity contribution in [2.75, 3.05) is 16.0 Å². The van der Waals surface area contributed by atoms with E-state index in [-0.39, 0.29) is 11.6 Å². The molecule has 1 heterocycles. The molecule has 8 heteroatoms. The van der Waals surface area contributed by atoms with Gasteiger partial charge in [-0.25, -0.2) is 4.39 Å². The third-order valence-corrected chi connectivity index (χ3v) is 4.42. The van der Waals surface area contributed by atoms with E-state index in [1.54, 1.807) is 38.1 Å². The van der Waals surface area contributed by atoms with Crippen molar-refractivity contribution < 1.29 is 18.4 Å². The van der Waals surface area contributed by atoms with Gasteiger partial charge in [0.05, 0.1) is 17.5 Å². The number of carbonyl (C=O) groups excluding carboxylic acids is 2. The lowest BCUT2D eigenvalue weighted by atomic mass is 10.2. The molecular formula is C21H19ClFN3O3. The molecule has 1 atom stereocenters. The number of halogens is 2. The van der Waals surface area contributed by atoms with Crippen molar-refractivity contribution in [3.63, 3.8) is 0 Å². The number of anilines is 3. The van der Waals surface area contributed by atoms with Gasteiger partial charge in [-0.1, -0.05) is 17.7 Å². The third-order valence-electron chi connectivity index (χ3n) is 4.19. The summed E-state index contributed by atoms with van der Waals surface area (Å²) in [5.41, 5.74) is 1.35. The summed E-state index contributed by atoms with van der Waals surface area (Å²) in [5, 5.41) is 8.75. The van der Waals surface area contributed by atoms with E-state index in [2.05, 4.69) is 16.0 Å². The standard InChI is InChI=1S/C21H19ClFN3O3/c1-12(20(27)25-15-5-3-4-14(22)10-15)24-16-6-7-18(23)19(11-16)26-21(28)17-8-9-29-13(17)2/h3-12,24H,1-2H3,(H,25,27)(H,26,28). The Morgan fingerprint density at radius 3 is 2.55 bits per heavy atom. The van der Waals surface area contributed by atoms with E-state index < -0.39 is 17.8 Å². The largest absolute Gasteiger partial charge is 0.469 e. The molecule has 0 saturated carbocycles. The average molecular weight is 416 g/mol. The topological polar surface area (TPSA) is 83.4 Å². The maximum Gasteiger partial charge on any atom is 0.259 e. The zero-order valence-corrected chi connectivity index (χ0v) is 16.5. The second-order valence-corrected chi connectivity index (χ2v) is 6.84. The fraction of sp³-hybridized carbons (Fsp3) is 0.143. The van der Waals surface area contributed by atoms with Crippen molar-refractivity contribution in [3.05, 3.63) is 77.0 Å². The molecule has 1 aromatic heterocycles. The van der Waals surface area contributed by atoms with E-state index in [1.165, 1.54) is 30.5 Å². The fourth-order valence-electron chi connectivity index (χ4n) is 2.65. The van der Waals surface area contributed by atoms with Gasteiger partial charge < -0.3 is 20.4 Å². The van der Waals surface area contributed by atoms with Crippen LogP contribution in [0.3, 0.4) is 0 Å². The van der Waals surface area contributed by atoms with Crippen LogP contribution in [0.15, 0.2) is 59.2 Å². The number of hydrogen-bond donors (Lipinski definition) is 3. The minimum atomic E-state index is -0.626. The quantitative estimate of drug-likeness (QED) is 0.524. The lowest BCUT2D eigenvalue weighted by Gasteiger charge is -2.16. The maximum absolute atomic E-state index is 14.1. The molecule has 0 aliphatic heterocycles. The Morgan fingerprint density at radius 2 is 1.86 bits per heavy atom. The fourth-order valence-corrected chi connectivity index (χ4v) is 2.84. The SMILES string of the molecule is Cc1occc1C(=O)Nc1cc(NC(C)C(=O)Nc2cccc(Cl)c2)ccc1F. The number of aryl methyl sites for hydroxylation is 1. The summed E-state index contributed by atoms with van der Waals surface area (Å²) in [6.07, 6.45) is 1.39. The zero-order chi connectivity index (χ0) is 21.0. The Kier molecular flexibility index (Phi) is 6.19. The molecule has 3 aromatic rings.